The number of hydrogen-bond acceptors (Lipinski definition) is 4. The fourth-order valence-corrected chi connectivity index (χ4v) is 4.26. The summed E-state index contributed by atoms with van der Waals surface area (Å²) >= 11 is 1.51. The van der Waals surface area contributed by atoms with Crippen molar-refractivity contribution in [3.8, 4) is 11.5 Å². The van der Waals surface area contributed by atoms with Crippen molar-refractivity contribution in [2.45, 2.75) is 13.5 Å². The number of thiazole rings is 1. The van der Waals surface area contributed by atoms with Crippen LogP contribution >= 0.6 is 11.3 Å². The van der Waals surface area contributed by atoms with Crippen LogP contribution in [0.5, 0.6) is 11.5 Å². The van der Waals surface area contributed by atoms with Crippen LogP contribution in [0.2, 0.25) is 0 Å². The summed E-state index contributed by atoms with van der Waals surface area (Å²) in [4.78, 5) is 17.9. The van der Waals surface area contributed by atoms with E-state index >= 15 is 0 Å². The predicted molar refractivity (Wildman–Crippen MR) is 119 cm³/mol. The topological polar surface area (TPSA) is 52.8 Å². The van der Waals surface area contributed by atoms with Gasteiger partial charge in [0, 0.05) is 19.2 Å². The van der Waals surface area contributed by atoms with E-state index in [9.17, 15) is 4.79 Å². The van der Waals surface area contributed by atoms with Crippen LogP contribution in [-0.4, -0.2) is 24.2 Å². The highest BCUT2D eigenvalue weighted by Gasteiger charge is 2.10. The summed E-state index contributed by atoms with van der Waals surface area (Å²) in [7, 11) is 1.67. The number of aryl methyl sites for hydroxylation is 1. The van der Waals surface area contributed by atoms with Gasteiger partial charge in [-0.05, 0) is 61.0 Å². The molecule has 5 nitrogen and oxygen atoms in total. The highest BCUT2D eigenvalue weighted by atomic mass is 32.1. The maximum absolute atomic E-state index is 12.8. The largest absolute Gasteiger partial charge is 0.457 e. The maximum atomic E-state index is 12.8. The van der Waals surface area contributed by atoms with Gasteiger partial charge in [-0.15, -0.1) is 0 Å². The van der Waals surface area contributed by atoms with Crippen molar-refractivity contribution in [1.82, 2.24) is 4.57 Å². The van der Waals surface area contributed by atoms with Crippen LogP contribution in [0.3, 0.4) is 0 Å². The summed E-state index contributed by atoms with van der Waals surface area (Å²) in [5.41, 5.74) is 2.75. The Kier molecular flexibility index (Phi) is 6.07. The standard InChI is InChI=1S/C24H22N2O3S/c1-17-8-13-21-22(16-17)30-24(26(21)14-15-28-2)25-23(27)18-9-11-20(12-10-18)29-19-6-4-3-5-7-19/h3-13,16H,14-15H2,1-2H3. The number of methoxy groups -OCH3 is 1. The molecule has 0 bridgehead atoms. The molecule has 0 atom stereocenters. The zero-order valence-electron chi connectivity index (χ0n) is 16.9. The molecule has 0 saturated heterocycles. The van der Waals surface area contributed by atoms with Crippen molar-refractivity contribution in [3.63, 3.8) is 0 Å². The van der Waals surface area contributed by atoms with Gasteiger partial charge in [-0.3, -0.25) is 4.79 Å². The van der Waals surface area contributed by atoms with E-state index in [1.54, 1.807) is 31.4 Å². The third kappa shape index (κ3) is 4.50. The summed E-state index contributed by atoms with van der Waals surface area (Å²) in [6.45, 7) is 3.24. The Morgan fingerprint density at radius 2 is 1.73 bits per heavy atom. The molecule has 0 aliphatic heterocycles. The number of carbonyl (C=O) groups excluding carboxylic acids is 1. The van der Waals surface area contributed by atoms with Crippen LogP contribution in [0.15, 0.2) is 77.8 Å². The zero-order chi connectivity index (χ0) is 20.9. The van der Waals surface area contributed by atoms with Gasteiger partial charge in [-0.1, -0.05) is 35.6 Å². The van der Waals surface area contributed by atoms with Crippen molar-refractivity contribution in [2.24, 2.45) is 4.99 Å². The number of ether oxygens (including phenoxy) is 2. The Morgan fingerprint density at radius 1 is 1.00 bits per heavy atom. The minimum atomic E-state index is -0.282. The molecule has 1 amide bonds. The number of nitrogens with zero attached hydrogens (tertiary/aromatic N) is 2. The highest BCUT2D eigenvalue weighted by molar-refractivity contribution is 7.16. The minimum Gasteiger partial charge on any atom is -0.457 e. The van der Waals surface area contributed by atoms with E-state index in [1.807, 2.05) is 34.9 Å². The van der Waals surface area contributed by atoms with E-state index in [2.05, 4.69) is 30.1 Å². The third-order valence-corrected chi connectivity index (χ3v) is 5.68. The molecule has 4 rings (SSSR count). The van der Waals surface area contributed by atoms with Gasteiger partial charge < -0.3 is 14.0 Å². The second-order valence-corrected chi connectivity index (χ2v) is 7.87. The molecule has 0 aliphatic rings. The van der Waals surface area contributed by atoms with Gasteiger partial charge in [0.2, 0.25) is 0 Å². The fourth-order valence-electron chi connectivity index (χ4n) is 3.11. The monoisotopic (exact) mass is 418 g/mol. The first-order chi connectivity index (χ1) is 14.6. The maximum Gasteiger partial charge on any atom is 0.279 e. The lowest BCUT2D eigenvalue weighted by Crippen LogP contribution is -2.19. The molecule has 6 heteroatoms. The van der Waals surface area contributed by atoms with Crippen LogP contribution in [-0.2, 0) is 11.3 Å². The molecule has 0 spiro atoms. The van der Waals surface area contributed by atoms with Crippen molar-refractivity contribution < 1.29 is 14.3 Å². The molecule has 4 aromatic rings. The summed E-state index contributed by atoms with van der Waals surface area (Å²) in [5.74, 6) is 1.14. The smallest absolute Gasteiger partial charge is 0.279 e. The lowest BCUT2D eigenvalue weighted by atomic mass is 10.2. The van der Waals surface area contributed by atoms with Crippen LogP contribution in [0, 0.1) is 6.92 Å². The molecule has 0 N–H and O–H groups in total. The average molecular weight is 419 g/mol. The normalized spacial score (nSPS) is 11.7. The van der Waals surface area contributed by atoms with E-state index in [0.29, 0.717) is 29.3 Å². The first-order valence-electron chi connectivity index (χ1n) is 9.65. The van der Waals surface area contributed by atoms with E-state index in [1.165, 1.54) is 16.9 Å². The first-order valence-corrected chi connectivity index (χ1v) is 10.5. The van der Waals surface area contributed by atoms with Gasteiger partial charge in [-0.25, -0.2) is 0 Å². The lowest BCUT2D eigenvalue weighted by Gasteiger charge is -2.06. The molecular weight excluding hydrogens is 396 g/mol. The number of benzene rings is 3. The second kappa shape index (κ2) is 9.07. The second-order valence-electron chi connectivity index (χ2n) is 6.86. The van der Waals surface area contributed by atoms with Gasteiger partial charge >= 0.3 is 0 Å². The Morgan fingerprint density at radius 3 is 2.47 bits per heavy atom. The average Bonchev–Trinajstić information content (AvgIpc) is 3.09. The predicted octanol–water partition coefficient (Wildman–Crippen LogP) is 5.19. The number of carbonyl (C=O) groups is 1. The first kappa shape index (κ1) is 20.1. The number of aromatic nitrogens is 1. The van der Waals surface area contributed by atoms with Gasteiger partial charge in [0.1, 0.15) is 11.5 Å². The third-order valence-electron chi connectivity index (χ3n) is 4.63. The number of hydrogen-bond donors (Lipinski definition) is 0. The molecule has 0 fully saturated rings. The fraction of sp³-hybridized carbons (Fsp3) is 0.167. The Balaban J connectivity index is 1.62. The number of fused-ring (bicyclic) bond motifs is 1. The molecular formula is C24H22N2O3S. The Bertz CT molecular complexity index is 1230. The van der Waals surface area contributed by atoms with E-state index in [4.69, 9.17) is 9.47 Å². The Labute approximate surface area is 178 Å². The molecule has 0 saturated carbocycles. The summed E-state index contributed by atoms with van der Waals surface area (Å²) in [6.07, 6.45) is 0. The van der Waals surface area contributed by atoms with E-state index in [-0.39, 0.29) is 5.91 Å². The van der Waals surface area contributed by atoms with Crippen LogP contribution in [0.4, 0.5) is 0 Å². The van der Waals surface area contributed by atoms with Crippen molar-refractivity contribution in [3.05, 3.63) is 88.7 Å². The van der Waals surface area contributed by atoms with Gasteiger partial charge in [0.15, 0.2) is 4.80 Å². The van der Waals surface area contributed by atoms with Crippen molar-refractivity contribution in [2.75, 3.05) is 13.7 Å². The minimum absolute atomic E-state index is 0.282. The number of amides is 1. The molecule has 0 aliphatic carbocycles. The summed E-state index contributed by atoms with van der Waals surface area (Å²) < 4.78 is 14.2. The molecule has 0 unspecified atom stereocenters. The SMILES string of the molecule is COCCn1c(=NC(=O)c2ccc(Oc3ccccc3)cc2)sc2cc(C)ccc21. The van der Waals surface area contributed by atoms with Crippen LogP contribution in [0.25, 0.3) is 10.2 Å². The summed E-state index contributed by atoms with van der Waals surface area (Å²) in [5, 5.41) is 0. The molecule has 0 radical (unpaired) electrons. The number of rotatable bonds is 6. The van der Waals surface area contributed by atoms with Crippen LogP contribution in [0.1, 0.15) is 15.9 Å². The van der Waals surface area contributed by atoms with Crippen molar-refractivity contribution >= 4 is 27.5 Å². The molecule has 3 aromatic carbocycles. The lowest BCUT2D eigenvalue weighted by molar-refractivity contribution is 0.0997. The molecule has 152 valence electrons. The summed E-state index contributed by atoms with van der Waals surface area (Å²) in [6, 6.07) is 22.8. The zero-order valence-corrected chi connectivity index (χ0v) is 17.7. The van der Waals surface area contributed by atoms with Crippen molar-refractivity contribution in [1.29, 1.82) is 0 Å². The number of para-hydroxylation sites is 1. The molecule has 30 heavy (non-hydrogen) atoms. The van der Waals surface area contributed by atoms with Gasteiger partial charge in [0.25, 0.3) is 5.91 Å². The molecule has 1 aromatic heterocycles. The van der Waals surface area contributed by atoms with E-state index in [0.717, 1.165) is 16.0 Å². The van der Waals surface area contributed by atoms with Gasteiger partial charge in [-0.2, -0.15) is 4.99 Å². The Hall–Kier alpha value is -3.22. The highest BCUT2D eigenvalue weighted by Crippen LogP contribution is 2.22. The van der Waals surface area contributed by atoms with E-state index < -0.39 is 0 Å². The van der Waals surface area contributed by atoms with Crippen LogP contribution < -0.4 is 9.54 Å². The van der Waals surface area contributed by atoms with Gasteiger partial charge in [0.05, 0.1) is 16.8 Å². The quantitative estimate of drug-likeness (QED) is 0.433. The molecule has 1 heterocycles.